The van der Waals surface area contributed by atoms with Crippen LogP contribution in [0.15, 0.2) is 36.4 Å². The quantitative estimate of drug-likeness (QED) is 0.504. The number of benzene rings is 1. The highest BCUT2D eigenvalue weighted by Gasteiger charge is 2.28. The van der Waals surface area contributed by atoms with Crippen LogP contribution in [0, 0.1) is 18.2 Å². The zero-order chi connectivity index (χ0) is 24.0. The highest BCUT2D eigenvalue weighted by molar-refractivity contribution is 7.11. The molecule has 0 aliphatic carbocycles. The van der Waals surface area contributed by atoms with Crippen LogP contribution in [-0.4, -0.2) is 47.4 Å². The lowest BCUT2D eigenvalue weighted by Gasteiger charge is -2.31. The molecule has 1 aliphatic heterocycles. The average molecular weight is 475 g/mol. The van der Waals surface area contributed by atoms with E-state index in [1.54, 1.807) is 33.3 Å². The van der Waals surface area contributed by atoms with Crippen LogP contribution >= 0.6 is 11.3 Å². The number of rotatable bonds is 9. The Morgan fingerprint density at radius 1 is 1.06 bits per heavy atom. The number of thiophene rings is 1. The van der Waals surface area contributed by atoms with E-state index in [-0.39, 0.29) is 35.7 Å². The SMILES string of the molecule is Cc1ccc(CN(Cc2ccc(F)cc2)C(=O)CN(C[C@H]2CCCO2)C(=O)CC(C)(C)C)s1. The first kappa shape index (κ1) is 25.4. The number of hydrogen-bond donors (Lipinski definition) is 0. The molecular weight excluding hydrogens is 439 g/mol. The van der Waals surface area contributed by atoms with Crippen LogP contribution in [0.3, 0.4) is 0 Å². The van der Waals surface area contributed by atoms with Gasteiger partial charge in [0.2, 0.25) is 11.8 Å². The van der Waals surface area contributed by atoms with E-state index >= 15 is 0 Å². The van der Waals surface area contributed by atoms with Crippen LogP contribution < -0.4 is 0 Å². The molecule has 0 spiro atoms. The van der Waals surface area contributed by atoms with Crippen molar-refractivity contribution < 1.29 is 18.7 Å². The molecule has 0 bridgehead atoms. The fraction of sp³-hybridized carbons (Fsp3) is 0.538. The van der Waals surface area contributed by atoms with Gasteiger partial charge < -0.3 is 14.5 Å². The fourth-order valence-electron chi connectivity index (χ4n) is 3.92. The Balaban J connectivity index is 1.77. The van der Waals surface area contributed by atoms with Crippen LogP contribution in [0.5, 0.6) is 0 Å². The van der Waals surface area contributed by atoms with E-state index < -0.39 is 0 Å². The van der Waals surface area contributed by atoms with Gasteiger partial charge in [0.25, 0.3) is 0 Å². The van der Waals surface area contributed by atoms with Crippen molar-refractivity contribution in [3.8, 4) is 0 Å². The predicted molar refractivity (Wildman–Crippen MR) is 129 cm³/mol. The molecule has 33 heavy (non-hydrogen) atoms. The maximum Gasteiger partial charge on any atom is 0.242 e. The Hall–Kier alpha value is -2.25. The van der Waals surface area contributed by atoms with Crippen LogP contribution in [0.25, 0.3) is 0 Å². The molecule has 7 heteroatoms. The lowest BCUT2D eigenvalue weighted by Crippen LogP contribution is -2.46. The molecule has 0 unspecified atom stereocenters. The lowest BCUT2D eigenvalue weighted by atomic mass is 9.91. The molecule has 1 aromatic heterocycles. The van der Waals surface area contributed by atoms with Gasteiger partial charge in [0.1, 0.15) is 5.82 Å². The molecule has 1 aliphatic rings. The van der Waals surface area contributed by atoms with E-state index in [1.165, 1.54) is 17.0 Å². The van der Waals surface area contributed by atoms with Crippen molar-refractivity contribution in [2.24, 2.45) is 5.41 Å². The van der Waals surface area contributed by atoms with Gasteiger partial charge in [-0.1, -0.05) is 32.9 Å². The van der Waals surface area contributed by atoms with Gasteiger partial charge in [-0.3, -0.25) is 9.59 Å². The maximum absolute atomic E-state index is 13.5. The second-order valence-electron chi connectivity index (χ2n) is 10.0. The van der Waals surface area contributed by atoms with Crippen LogP contribution in [0.2, 0.25) is 0 Å². The van der Waals surface area contributed by atoms with Crippen molar-refractivity contribution in [3.63, 3.8) is 0 Å². The molecule has 5 nitrogen and oxygen atoms in total. The first-order chi connectivity index (χ1) is 15.6. The summed E-state index contributed by atoms with van der Waals surface area (Å²) in [5.41, 5.74) is 0.682. The monoisotopic (exact) mass is 474 g/mol. The number of carbonyl (C=O) groups excluding carboxylic acids is 2. The molecule has 1 fully saturated rings. The normalized spacial score (nSPS) is 16.1. The molecule has 180 valence electrons. The number of carbonyl (C=O) groups is 2. The summed E-state index contributed by atoms with van der Waals surface area (Å²) < 4.78 is 19.1. The van der Waals surface area contributed by atoms with Gasteiger partial charge in [0.05, 0.1) is 19.2 Å². The van der Waals surface area contributed by atoms with E-state index in [1.807, 2.05) is 39.8 Å². The summed E-state index contributed by atoms with van der Waals surface area (Å²) in [7, 11) is 0. The second-order valence-corrected chi connectivity index (χ2v) is 11.4. The Labute approximate surface area is 200 Å². The third kappa shape index (κ3) is 8.23. The summed E-state index contributed by atoms with van der Waals surface area (Å²) >= 11 is 1.65. The number of amides is 2. The molecule has 1 atom stereocenters. The third-order valence-corrected chi connectivity index (χ3v) is 6.58. The Kier molecular flexibility index (Phi) is 8.65. The van der Waals surface area contributed by atoms with Crippen molar-refractivity contribution in [1.29, 1.82) is 0 Å². The predicted octanol–water partition coefficient (Wildman–Crippen LogP) is 5.17. The molecule has 2 aromatic rings. The van der Waals surface area contributed by atoms with Gasteiger partial charge >= 0.3 is 0 Å². The topological polar surface area (TPSA) is 49.9 Å². The second kappa shape index (κ2) is 11.3. The minimum absolute atomic E-state index is 0.0142. The Morgan fingerprint density at radius 2 is 1.79 bits per heavy atom. The molecule has 2 amide bonds. The summed E-state index contributed by atoms with van der Waals surface area (Å²) in [6.07, 6.45) is 2.23. The molecule has 2 heterocycles. The van der Waals surface area contributed by atoms with Crippen LogP contribution in [-0.2, 0) is 27.4 Å². The van der Waals surface area contributed by atoms with Crippen molar-refractivity contribution >= 4 is 23.2 Å². The van der Waals surface area contributed by atoms with Crippen LogP contribution in [0.4, 0.5) is 4.39 Å². The van der Waals surface area contributed by atoms with Crippen molar-refractivity contribution in [1.82, 2.24) is 9.80 Å². The van der Waals surface area contributed by atoms with Gasteiger partial charge in [0.15, 0.2) is 0 Å². The largest absolute Gasteiger partial charge is 0.376 e. The van der Waals surface area contributed by atoms with Gasteiger partial charge in [-0.2, -0.15) is 0 Å². The van der Waals surface area contributed by atoms with Crippen LogP contribution in [0.1, 0.15) is 55.4 Å². The summed E-state index contributed by atoms with van der Waals surface area (Å²) in [6, 6.07) is 10.3. The molecular formula is C26H35FN2O3S. The smallest absolute Gasteiger partial charge is 0.242 e. The standard InChI is InChI=1S/C26H35FN2O3S/c1-19-7-12-23(33-19)17-28(15-20-8-10-21(27)11-9-20)25(31)18-29(16-22-6-5-13-32-22)24(30)14-26(2,3)4/h7-12,22H,5-6,13-18H2,1-4H3/t22-/m1/s1. The minimum atomic E-state index is -0.305. The number of aryl methyl sites for hydroxylation is 1. The third-order valence-electron chi connectivity index (χ3n) is 5.59. The van der Waals surface area contributed by atoms with Crippen molar-refractivity contribution in [2.45, 2.75) is 66.2 Å². The van der Waals surface area contributed by atoms with E-state index in [2.05, 4.69) is 0 Å². The Bertz CT molecular complexity index is 930. The molecule has 3 rings (SSSR count). The average Bonchev–Trinajstić information content (AvgIpc) is 3.39. The molecule has 0 saturated carbocycles. The summed E-state index contributed by atoms with van der Waals surface area (Å²) in [5.74, 6) is -0.452. The zero-order valence-electron chi connectivity index (χ0n) is 20.1. The highest BCUT2D eigenvalue weighted by Crippen LogP contribution is 2.23. The molecule has 1 aromatic carbocycles. The zero-order valence-corrected chi connectivity index (χ0v) is 20.9. The highest BCUT2D eigenvalue weighted by atomic mass is 32.1. The molecule has 1 saturated heterocycles. The first-order valence-electron chi connectivity index (χ1n) is 11.6. The van der Waals surface area contributed by atoms with Crippen molar-refractivity contribution in [2.75, 3.05) is 19.7 Å². The summed E-state index contributed by atoms with van der Waals surface area (Å²) in [5, 5.41) is 0. The van der Waals surface area contributed by atoms with Crippen molar-refractivity contribution in [3.05, 3.63) is 57.5 Å². The first-order valence-corrected chi connectivity index (χ1v) is 12.4. The minimum Gasteiger partial charge on any atom is -0.376 e. The number of ether oxygens (including phenoxy) is 1. The van der Waals surface area contributed by atoms with Gasteiger partial charge in [-0.15, -0.1) is 11.3 Å². The number of nitrogens with zero attached hydrogens (tertiary/aromatic N) is 2. The molecule has 0 radical (unpaired) electrons. The maximum atomic E-state index is 13.5. The van der Waals surface area contributed by atoms with Gasteiger partial charge in [-0.05, 0) is 55.0 Å². The van der Waals surface area contributed by atoms with Gasteiger partial charge in [0, 0.05) is 35.9 Å². The molecule has 0 N–H and O–H groups in total. The van der Waals surface area contributed by atoms with Gasteiger partial charge in [-0.25, -0.2) is 4.39 Å². The number of hydrogen-bond acceptors (Lipinski definition) is 4. The Morgan fingerprint density at radius 3 is 2.36 bits per heavy atom. The van der Waals surface area contributed by atoms with E-state index in [0.29, 0.717) is 32.7 Å². The van der Waals surface area contributed by atoms with E-state index in [4.69, 9.17) is 4.74 Å². The van der Waals surface area contributed by atoms with E-state index in [0.717, 1.165) is 23.3 Å². The summed E-state index contributed by atoms with van der Waals surface area (Å²) in [6.45, 7) is 10.1. The fourth-order valence-corrected chi connectivity index (χ4v) is 4.82. The lowest BCUT2D eigenvalue weighted by molar-refractivity contribution is -0.143. The number of halogens is 1. The summed E-state index contributed by atoms with van der Waals surface area (Å²) in [4.78, 5) is 32.3. The van der Waals surface area contributed by atoms with E-state index in [9.17, 15) is 14.0 Å².